The molecular weight excluding hydrogens is 386 g/mol. The molecule has 1 rings (SSSR count). The second-order valence-corrected chi connectivity index (χ2v) is 15.9. The number of sulfonamides is 1. The SMILES string of the molecule is Cc1ccc(S(=O)(=O)N[C@H](C(C)C)[C@@H](Cl)CO[Si](C)(C)C(C)(C)C)cc1. The van der Waals surface area contributed by atoms with E-state index in [1.807, 2.05) is 20.8 Å². The van der Waals surface area contributed by atoms with Gasteiger partial charge in [0.2, 0.25) is 10.0 Å². The zero-order valence-electron chi connectivity index (χ0n) is 17.3. The molecule has 0 aromatic heterocycles. The Morgan fingerprint density at radius 3 is 2.08 bits per heavy atom. The summed E-state index contributed by atoms with van der Waals surface area (Å²) in [6, 6.07) is 6.40. The number of rotatable bonds is 8. The molecular formula is C19H34ClNO3SSi. The Hall–Kier alpha value is -0.403. The van der Waals surface area contributed by atoms with E-state index < -0.39 is 29.8 Å². The summed E-state index contributed by atoms with van der Waals surface area (Å²) in [5, 5.41) is -0.359. The van der Waals surface area contributed by atoms with E-state index in [-0.39, 0.29) is 15.9 Å². The summed E-state index contributed by atoms with van der Waals surface area (Å²) < 4.78 is 34.4. The van der Waals surface area contributed by atoms with E-state index >= 15 is 0 Å². The van der Waals surface area contributed by atoms with Crippen molar-refractivity contribution in [1.82, 2.24) is 4.72 Å². The molecule has 0 fully saturated rings. The van der Waals surface area contributed by atoms with E-state index in [4.69, 9.17) is 16.0 Å². The molecule has 0 saturated carbocycles. The lowest BCUT2D eigenvalue weighted by atomic mass is 10.0. The van der Waals surface area contributed by atoms with E-state index in [1.165, 1.54) is 0 Å². The highest BCUT2D eigenvalue weighted by molar-refractivity contribution is 7.89. The highest BCUT2D eigenvalue weighted by atomic mass is 35.5. The Morgan fingerprint density at radius 2 is 1.65 bits per heavy atom. The number of hydrogen-bond donors (Lipinski definition) is 1. The first kappa shape index (κ1) is 23.6. The fourth-order valence-corrected chi connectivity index (χ4v) is 5.25. The molecule has 1 aromatic carbocycles. The summed E-state index contributed by atoms with van der Waals surface area (Å²) in [4.78, 5) is 0.253. The molecule has 0 amide bonds. The summed E-state index contributed by atoms with van der Waals surface area (Å²) in [6.45, 7) is 17.0. The molecule has 4 nitrogen and oxygen atoms in total. The molecule has 7 heteroatoms. The fourth-order valence-electron chi connectivity index (χ4n) is 2.20. The first-order valence-electron chi connectivity index (χ1n) is 9.04. The molecule has 0 aliphatic carbocycles. The number of hydrogen-bond acceptors (Lipinski definition) is 3. The first-order valence-corrected chi connectivity index (χ1v) is 13.9. The maximum Gasteiger partial charge on any atom is 0.240 e. The van der Waals surface area contributed by atoms with Crippen LogP contribution < -0.4 is 4.72 Å². The lowest BCUT2D eigenvalue weighted by Crippen LogP contribution is -2.49. The fraction of sp³-hybridized carbons (Fsp3) is 0.684. The molecule has 0 heterocycles. The van der Waals surface area contributed by atoms with Crippen LogP contribution in [-0.2, 0) is 14.4 Å². The van der Waals surface area contributed by atoms with Gasteiger partial charge in [-0.25, -0.2) is 13.1 Å². The summed E-state index contributed by atoms with van der Waals surface area (Å²) in [7, 11) is -5.57. The highest BCUT2D eigenvalue weighted by Gasteiger charge is 2.38. The third-order valence-corrected chi connectivity index (χ3v) is 11.5. The van der Waals surface area contributed by atoms with Crippen molar-refractivity contribution in [2.24, 2.45) is 5.92 Å². The summed E-state index contributed by atoms with van der Waals surface area (Å²) in [6.07, 6.45) is 0. The standard InChI is InChI=1S/C19H34ClNO3SSi/c1-14(2)18(17(20)13-24-26(7,8)19(4,5)6)21-25(22,23)16-11-9-15(3)10-12-16/h9-12,14,17-18,21H,13H2,1-8H3/t17-,18+/m0/s1. The van der Waals surface area contributed by atoms with E-state index in [1.54, 1.807) is 24.3 Å². The third-order valence-electron chi connectivity index (χ3n) is 5.14. The van der Waals surface area contributed by atoms with Crippen molar-refractivity contribution in [3.8, 4) is 0 Å². The van der Waals surface area contributed by atoms with E-state index in [2.05, 4.69) is 38.6 Å². The van der Waals surface area contributed by atoms with E-state index in [0.717, 1.165) is 5.56 Å². The van der Waals surface area contributed by atoms with Crippen LogP contribution in [0.3, 0.4) is 0 Å². The van der Waals surface area contributed by atoms with Gasteiger partial charge in [-0.2, -0.15) is 0 Å². The van der Waals surface area contributed by atoms with E-state index in [0.29, 0.717) is 6.61 Å². The maximum atomic E-state index is 12.7. The van der Waals surface area contributed by atoms with Crippen LogP contribution in [-0.4, -0.2) is 34.8 Å². The van der Waals surface area contributed by atoms with Crippen molar-refractivity contribution in [2.45, 2.75) is 76.0 Å². The van der Waals surface area contributed by atoms with Gasteiger partial charge in [0.25, 0.3) is 0 Å². The molecule has 0 radical (unpaired) electrons. The molecule has 150 valence electrons. The maximum absolute atomic E-state index is 12.7. The van der Waals surface area contributed by atoms with Crippen LogP contribution in [0.4, 0.5) is 0 Å². The summed E-state index contributed by atoms with van der Waals surface area (Å²) in [5.74, 6) is 0.0424. The number of alkyl halides is 1. The average molecular weight is 420 g/mol. The monoisotopic (exact) mass is 419 g/mol. The van der Waals surface area contributed by atoms with Gasteiger partial charge < -0.3 is 4.43 Å². The second kappa shape index (κ2) is 8.74. The first-order chi connectivity index (χ1) is 11.7. The molecule has 26 heavy (non-hydrogen) atoms. The minimum absolute atomic E-state index is 0.0424. The molecule has 2 atom stereocenters. The van der Waals surface area contributed by atoms with Crippen molar-refractivity contribution in [1.29, 1.82) is 0 Å². The Kier molecular flexibility index (Phi) is 7.94. The molecule has 0 spiro atoms. The van der Waals surface area contributed by atoms with Gasteiger partial charge >= 0.3 is 0 Å². The summed E-state index contributed by atoms with van der Waals surface area (Å²) >= 11 is 6.59. The van der Waals surface area contributed by atoms with Crippen molar-refractivity contribution < 1.29 is 12.8 Å². The van der Waals surface area contributed by atoms with Crippen LogP contribution >= 0.6 is 11.6 Å². The van der Waals surface area contributed by atoms with Gasteiger partial charge in [-0.1, -0.05) is 52.3 Å². The highest BCUT2D eigenvalue weighted by Crippen LogP contribution is 2.37. The lowest BCUT2D eigenvalue weighted by Gasteiger charge is -2.38. The molecule has 0 aliphatic rings. The second-order valence-electron chi connectivity index (χ2n) is 8.79. The van der Waals surface area contributed by atoms with Crippen LogP contribution in [0.2, 0.25) is 18.1 Å². The van der Waals surface area contributed by atoms with Gasteiger partial charge in [0.05, 0.1) is 16.9 Å². The lowest BCUT2D eigenvalue weighted by molar-refractivity contribution is 0.258. The molecule has 0 saturated heterocycles. The number of nitrogens with one attached hydrogen (secondary N) is 1. The van der Waals surface area contributed by atoms with Crippen LogP contribution in [0, 0.1) is 12.8 Å². The Labute approximate surface area is 165 Å². The molecule has 0 bridgehead atoms. The number of halogens is 1. The van der Waals surface area contributed by atoms with Crippen molar-refractivity contribution >= 4 is 29.9 Å². The quantitative estimate of drug-likeness (QED) is 0.480. The Bertz CT molecular complexity index is 682. The van der Waals surface area contributed by atoms with Gasteiger partial charge in [0.15, 0.2) is 8.32 Å². The van der Waals surface area contributed by atoms with Gasteiger partial charge in [0.1, 0.15) is 0 Å². The minimum Gasteiger partial charge on any atom is -0.415 e. The molecule has 0 aliphatic heterocycles. The predicted molar refractivity (Wildman–Crippen MR) is 113 cm³/mol. The normalized spacial score (nSPS) is 15.9. The predicted octanol–water partition coefficient (Wildman–Crippen LogP) is 4.93. The average Bonchev–Trinajstić information content (AvgIpc) is 2.49. The third kappa shape index (κ3) is 6.34. The van der Waals surface area contributed by atoms with Gasteiger partial charge in [-0.15, -0.1) is 11.6 Å². The topological polar surface area (TPSA) is 55.4 Å². The molecule has 1 N–H and O–H groups in total. The minimum atomic E-state index is -3.63. The van der Waals surface area contributed by atoms with Crippen LogP contribution in [0.1, 0.15) is 40.2 Å². The zero-order chi connectivity index (χ0) is 20.3. The molecule has 1 aromatic rings. The zero-order valence-corrected chi connectivity index (χ0v) is 19.8. The smallest absolute Gasteiger partial charge is 0.240 e. The van der Waals surface area contributed by atoms with Crippen molar-refractivity contribution in [3.05, 3.63) is 29.8 Å². The Balaban J connectivity index is 2.90. The van der Waals surface area contributed by atoms with Gasteiger partial charge in [-0.3, -0.25) is 0 Å². The van der Waals surface area contributed by atoms with E-state index in [9.17, 15) is 8.42 Å². The van der Waals surface area contributed by atoms with Crippen LogP contribution in [0.25, 0.3) is 0 Å². The summed E-state index contributed by atoms with van der Waals surface area (Å²) in [5.41, 5.74) is 1.02. The number of benzene rings is 1. The number of aryl methyl sites for hydroxylation is 1. The Morgan fingerprint density at radius 1 is 1.15 bits per heavy atom. The van der Waals surface area contributed by atoms with Crippen LogP contribution in [0.15, 0.2) is 29.2 Å². The van der Waals surface area contributed by atoms with Crippen LogP contribution in [0.5, 0.6) is 0 Å². The van der Waals surface area contributed by atoms with Crippen molar-refractivity contribution in [2.75, 3.05) is 6.61 Å². The van der Waals surface area contributed by atoms with Gasteiger partial charge in [0, 0.05) is 6.04 Å². The van der Waals surface area contributed by atoms with Gasteiger partial charge in [-0.05, 0) is 43.1 Å². The molecule has 0 unspecified atom stereocenters. The largest absolute Gasteiger partial charge is 0.415 e. The van der Waals surface area contributed by atoms with Crippen molar-refractivity contribution in [3.63, 3.8) is 0 Å².